The van der Waals surface area contributed by atoms with E-state index in [0.29, 0.717) is 18.9 Å². The Morgan fingerprint density at radius 1 is 1.46 bits per heavy atom. The third-order valence-electron chi connectivity index (χ3n) is 1.97. The van der Waals surface area contributed by atoms with Gasteiger partial charge in [0, 0.05) is 0 Å². The Hall–Kier alpha value is -1.06. The fourth-order valence-corrected chi connectivity index (χ4v) is 1.08. The second kappa shape index (κ2) is 3.77. The zero-order valence-electron chi connectivity index (χ0n) is 7.82. The summed E-state index contributed by atoms with van der Waals surface area (Å²) in [7, 11) is 0. The van der Waals surface area contributed by atoms with Crippen LogP contribution < -0.4 is 0 Å². The van der Waals surface area contributed by atoms with Crippen molar-refractivity contribution in [3.8, 4) is 0 Å². The number of ether oxygens (including phenoxy) is 1. The summed E-state index contributed by atoms with van der Waals surface area (Å²) < 4.78 is 4.91. The van der Waals surface area contributed by atoms with Crippen molar-refractivity contribution < 1.29 is 19.4 Å². The minimum atomic E-state index is -0.897. The number of hydrogen-bond donors (Lipinski definition) is 1. The summed E-state index contributed by atoms with van der Waals surface area (Å²) in [5.74, 6) is -1.85. The van der Waals surface area contributed by atoms with Crippen LogP contribution in [0.3, 0.4) is 0 Å². The molecule has 4 nitrogen and oxygen atoms in total. The fourth-order valence-electron chi connectivity index (χ4n) is 1.08. The molecular weight excluding hydrogens is 172 g/mol. The third-order valence-corrected chi connectivity index (χ3v) is 1.97. The molecule has 13 heavy (non-hydrogen) atoms. The van der Waals surface area contributed by atoms with Crippen LogP contribution in [0.25, 0.3) is 0 Å². The van der Waals surface area contributed by atoms with E-state index in [1.807, 2.05) is 13.8 Å². The first-order valence-electron chi connectivity index (χ1n) is 4.41. The van der Waals surface area contributed by atoms with Gasteiger partial charge in [0.05, 0.1) is 18.4 Å². The minimum Gasteiger partial charge on any atom is -0.481 e. The third kappa shape index (κ3) is 2.72. The molecule has 0 aromatic heterocycles. The van der Waals surface area contributed by atoms with E-state index in [-0.39, 0.29) is 5.97 Å². The number of aliphatic carboxylic acids is 1. The van der Waals surface area contributed by atoms with Gasteiger partial charge in [-0.3, -0.25) is 9.59 Å². The summed E-state index contributed by atoms with van der Waals surface area (Å²) in [5.41, 5.74) is 0. The highest BCUT2D eigenvalue weighted by Crippen LogP contribution is 2.39. The van der Waals surface area contributed by atoms with Crippen molar-refractivity contribution in [1.82, 2.24) is 0 Å². The number of carbonyl (C=O) groups is 2. The Bertz CT molecular complexity index is 222. The van der Waals surface area contributed by atoms with E-state index in [0.717, 1.165) is 0 Å². The Kier molecular flexibility index (Phi) is 2.90. The monoisotopic (exact) mass is 186 g/mol. The van der Waals surface area contributed by atoms with Gasteiger partial charge in [0.2, 0.25) is 0 Å². The molecule has 0 aromatic rings. The lowest BCUT2D eigenvalue weighted by Gasteiger charge is -2.05. The van der Waals surface area contributed by atoms with Crippen LogP contribution in [0.15, 0.2) is 0 Å². The predicted molar refractivity (Wildman–Crippen MR) is 45.0 cm³/mol. The molecule has 1 aliphatic carbocycles. The second-order valence-corrected chi connectivity index (χ2v) is 3.81. The Morgan fingerprint density at radius 2 is 2.08 bits per heavy atom. The summed E-state index contributed by atoms with van der Waals surface area (Å²) in [6.07, 6.45) is 0.437. The molecule has 0 amide bonds. The SMILES string of the molecule is CC(C)COC(=O)[C@@H]1C[C@H]1C(=O)O. The van der Waals surface area contributed by atoms with Crippen LogP contribution in [0.5, 0.6) is 0 Å². The smallest absolute Gasteiger partial charge is 0.309 e. The molecule has 74 valence electrons. The maximum atomic E-state index is 11.1. The molecule has 1 N–H and O–H groups in total. The standard InChI is InChI=1S/C9H14O4/c1-5(2)4-13-9(12)7-3-6(7)8(10)11/h5-7H,3-4H2,1-2H3,(H,10,11)/t6-,7-/m1/s1. The highest BCUT2D eigenvalue weighted by molar-refractivity contribution is 5.86. The number of hydrogen-bond acceptors (Lipinski definition) is 3. The second-order valence-electron chi connectivity index (χ2n) is 3.81. The van der Waals surface area contributed by atoms with Gasteiger partial charge in [-0.1, -0.05) is 13.8 Å². The van der Waals surface area contributed by atoms with Gasteiger partial charge in [0.15, 0.2) is 0 Å². The highest BCUT2D eigenvalue weighted by atomic mass is 16.5. The predicted octanol–water partition coefficient (Wildman–Crippen LogP) is 0.906. The maximum Gasteiger partial charge on any atom is 0.309 e. The summed E-state index contributed by atoms with van der Waals surface area (Å²) >= 11 is 0. The molecule has 0 radical (unpaired) electrons. The molecule has 0 aromatic carbocycles. The van der Waals surface area contributed by atoms with Crippen molar-refractivity contribution in [3.63, 3.8) is 0 Å². The van der Waals surface area contributed by atoms with E-state index in [1.54, 1.807) is 0 Å². The van der Waals surface area contributed by atoms with E-state index in [2.05, 4.69) is 0 Å². The van der Waals surface area contributed by atoms with Gasteiger partial charge in [-0.2, -0.15) is 0 Å². The number of carboxylic acids is 1. The van der Waals surface area contributed by atoms with Crippen LogP contribution in [-0.2, 0) is 14.3 Å². The summed E-state index contributed by atoms with van der Waals surface area (Å²) in [6.45, 7) is 4.26. The lowest BCUT2D eigenvalue weighted by molar-refractivity contribution is -0.149. The van der Waals surface area contributed by atoms with Gasteiger partial charge in [0.1, 0.15) is 0 Å². The Morgan fingerprint density at radius 3 is 2.46 bits per heavy atom. The van der Waals surface area contributed by atoms with Gasteiger partial charge in [-0.05, 0) is 12.3 Å². The van der Waals surface area contributed by atoms with Crippen LogP contribution in [-0.4, -0.2) is 23.7 Å². The average molecular weight is 186 g/mol. The number of carbonyl (C=O) groups excluding carboxylic acids is 1. The summed E-state index contributed by atoms with van der Waals surface area (Å²) in [4.78, 5) is 21.5. The molecule has 1 fully saturated rings. The molecule has 0 aliphatic heterocycles. The zero-order valence-corrected chi connectivity index (χ0v) is 7.82. The topological polar surface area (TPSA) is 63.6 Å². The summed E-state index contributed by atoms with van der Waals surface area (Å²) in [5, 5.41) is 8.54. The van der Waals surface area contributed by atoms with E-state index < -0.39 is 17.8 Å². The molecule has 0 spiro atoms. The highest BCUT2D eigenvalue weighted by Gasteiger charge is 2.49. The van der Waals surface area contributed by atoms with Gasteiger partial charge in [0.25, 0.3) is 0 Å². The molecule has 0 saturated heterocycles. The summed E-state index contributed by atoms with van der Waals surface area (Å²) in [6, 6.07) is 0. The van der Waals surface area contributed by atoms with Crippen molar-refractivity contribution in [1.29, 1.82) is 0 Å². The molecular formula is C9H14O4. The molecule has 1 rings (SSSR count). The molecule has 0 bridgehead atoms. The average Bonchev–Trinajstić information content (AvgIpc) is 2.78. The molecule has 4 heteroatoms. The van der Waals surface area contributed by atoms with Gasteiger partial charge >= 0.3 is 11.9 Å². The van der Waals surface area contributed by atoms with E-state index in [4.69, 9.17) is 9.84 Å². The van der Waals surface area contributed by atoms with Crippen molar-refractivity contribution in [3.05, 3.63) is 0 Å². The van der Waals surface area contributed by atoms with Crippen molar-refractivity contribution in [2.45, 2.75) is 20.3 Å². The lowest BCUT2D eigenvalue weighted by atomic mass is 10.2. The molecule has 0 unspecified atom stereocenters. The van der Waals surface area contributed by atoms with Gasteiger partial charge in [-0.25, -0.2) is 0 Å². The zero-order chi connectivity index (χ0) is 10.0. The van der Waals surface area contributed by atoms with Crippen LogP contribution in [0.2, 0.25) is 0 Å². The van der Waals surface area contributed by atoms with Crippen LogP contribution >= 0.6 is 0 Å². The Labute approximate surface area is 76.9 Å². The molecule has 1 aliphatic rings. The minimum absolute atomic E-state index is 0.297. The van der Waals surface area contributed by atoms with E-state index in [9.17, 15) is 9.59 Å². The van der Waals surface area contributed by atoms with E-state index in [1.165, 1.54) is 0 Å². The maximum absolute atomic E-state index is 11.1. The number of rotatable bonds is 4. The van der Waals surface area contributed by atoms with Crippen LogP contribution in [0.4, 0.5) is 0 Å². The normalized spacial score (nSPS) is 25.8. The lowest BCUT2D eigenvalue weighted by Crippen LogP contribution is -2.14. The number of carboxylic acid groups (broad SMARTS) is 1. The van der Waals surface area contributed by atoms with Crippen LogP contribution in [0, 0.1) is 17.8 Å². The number of esters is 1. The first-order chi connectivity index (χ1) is 6.02. The molecule has 2 atom stereocenters. The van der Waals surface area contributed by atoms with Crippen molar-refractivity contribution >= 4 is 11.9 Å². The van der Waals surface area contributed by atoms with Gasteiger partial charge < -0.3 is 9.84 Å². The molecule has 0 heterocycles. The largest absolute Gasteiger partial charge is 0.481 e. The Balaban J connectivity index is 2.24. The van der Waals surface area contributed by atoms with Gasteiger partial charge in [-0.15, -0.1) is 0 Å². The fraction of sp³-hybridized carbons (Fsp3) is 0.778. The van der Waals surface area contributed by atoms with Crippen molar-refractivity contribution in [2.75, 3.05) is 6.61 Å². The quantitative estimate of drug-likeness (QED) is 0.663. The molecule has 1 saturated carbocycles. The first kappa shape index (κ1) is 10.0. The first-order valence-corrected chi connectivity index (χ1v) is 4.41. The van der Waals surface area contributed by atoms with E-state index >= 15 is 0 Å². The van der Waals surface area contributed by atoms with Crippen LogP contribution in [0.1, 0.15) is 20.3 Å². The van der Waals surface area contributed by atoms with Crippen molar-refractivity contribution in [2.24, 2.45) is 17.8 Å².